The number of nitrogens with zero attached hydrogens (tertiary/aromatic N) is 5. The van der Waals surface area contributed by atoms with Gasteiger partial charge in [0.1, 0.15) is 11.4 Å². The number of halogens is 1. The predicted octanol–water partition coefficient (Wildman–Crippen LogP) is 4.88. The molecule has 5 rings (SSSR count). The third-order valence-corrected chi connectivity index (χ3v) is 7.55. The maximum atomic E-state index is 15.5. The minimum Gasteiger partial charge on any atom is -0.494 e. The fourth-order valence-corrected chi connectivity index (χ4v) is 5.48. The van der Waals surface area contributed by atoms with Crippen molar-refractivity contribution in [3.63, 3.8) is 0 Å². The Hall–Kier alpha value is -4.57. The number of hydrogen-bond acceptors (Lipinski definition) is 10. The molecule has 1 aliphatic rings. The van der Waals surface area contributed by atoms with E-state index in [0.29, 0.717) is 48.7 Å². The number of benzene rings is 2. The molecule has 48 heavy (non-hydrogen) atoms. The van der Waals surface area contributed by atoms with E-state index in [1.165, 1.54) is 6.08 Å². The first-order valence-corrected chi connectivity index (χ1v) is 16.8. The lowest BCUT2D eigenvalue weighted by molar-refractivity contribution is -0.111. The summed E-state index contributed by atoms with van der Waals surface area (Å²) >= 11 is 0. The molecule has 3 heterocycles. The van der Waals surface area contributed by atoms with Gasteiger partial charge in [0.25, 0.3) is 10.1 Å². The molecule has 3 N–H and O–H groups in total. The fraction of sp³-hybridized carbons (Fsp3) is 0.364. The molecule has 1 amide bonds. The van der Waals surface area contributed by atoms with Crippen LogP contribution >= 0.6 is 0 Å². The number of anilines is 4. The second-order valence-electron chi connectivity index (χ2n) is 12.2. The molecule has 0 saturated carbocycles. The zero-order chi connectivity index (χ0) is 35.4. The van der Waals surface area contributed by atoms with E-state index in [-0.39, 0.29) is 23.1 Å². The Morgan fingerprint density at radius 3 is 2.54 bits per heavy atom. The number of rotatable bonds is 10. The molecular formula is C33H42FN7O6S. The van der Waals surface area contributed by atoms with Gasteiger partial charge in [-0.3, -0.25) is 9.35 Å². The number of aromatic nitrogens is 3. The monoisotopic (exact) mass is 683 g/mol. The lowest BCUT2D eigenvalue weighted by atomic mass is 10.0. The predicted molar refractivity (Wildman–Crippen MR) is 186 cm³/mol. The van der Waals surface area contributed by atoms with Crippen molar-refractivity contribution >= 4 is 49.9 Å². The molecule has 4 aromatic rings. The molecule has 0 spiro atoms. The highest BCUT2D eigenvalue weighted by atomic mass is 32.2. The average molecular weight is 684 g/mol. The van der Waals surface area contributed by atoms with Crippen LogP contribution in [0.3, 0.4) is 0 Å². The van der Waals surface area contributed by atoms with E-state index >= 15 is 4.39 Å². The molecule has 0 bridgehead atoms. The van der Waals surface area contributed by atoms with E-state index in [0.717, 1.165) is 35.0 Å². The number of para-hydroxylation sites is 1. The number of carbonyl (C=O) groups excluding carboxylic acids is 1. The number of likely N-dealkylation sites (N-methyl/N-ethyl adjacent to an activating group) is 2. The molecule has 2 aromatic heterocycles. The van der Waals surface area contributed by atoms with E-state index in [9.17, 15) is 13.2 Å². The van der Waals surface area contributed by atoms with Crippen molar-refractivity contribution in [1.29, 1.82) is 0 Å². The van der Waals surface area contributed by atoms with E-state index in [1.54, 1.807) is 13.2 Å². The zero-order valence-corrected chi connectivity index (χ0v) is 29.0. The van der Waals surface area contributed by atoms with Gasteiger partial charge in [-0.1, -0.05) is 24.8 Å². The molecule has 15 heteroatoms. The smallest absolute Gasteiger partial charge is 0.261 e. The topological polar surface area (TPSA) is 151 Å². The van der Waals surface area contributed by atoms with Crippen LogP contribution in [0.5, 0.6) is 5.75 Å². The minimum absolute atomic E-state index is 0.169. The Bertz CT molecular complexity index is 1920. The summed E-state index contributed by atoms with van der Waals surface area (Å²) in [5.41, 5.74) is 4.18. The quantitative estimate of drug-likeness (QED) is 0.155. The van der Waals surface area contributed by atoms with Gasteiger partial charge < -0.3 is 34.5 Å². The summed E-state index contributed by atoms with van der Waals surface area (Å²) in [5.74, 6) is -0.227. The highest BCUT2D eigenvalue weighted by molar-refractivity contribution is 7.85. The summed E-state index contributed by atoms with van der Waals surface area (Å²) in [5, 5.41) is 6.96. The van der Waals surface area contributed by atoms with Crippen LogP contribution in [0, 0.1) is 5.82 Å². The lowest BCUT2D eigenvalue weighted by Crippen LogP contribution is -2.37. The van der Waals surface area contributed by atoms with Crippen molar-refractivity contribution in [3.8, 4) is 17.0 Å². The van der Waals surface area contributed by atoms with Gasteiger partial charge in [0.05, 0.1) is 61.1 Å². The molecule has 258 valence electrons. The Morgan fingerprint density at radius 2 is 1.90 bits per heavy atom. The third-order valence-electron chi connectivity index (χ3n) is 7.55. The molecule has 1 aliphatic heterocycles. The van der Waals surface area contributed by atoms with Crippen LogP contribution in [0.15, 0.2) is 55.3 Å². The number of carbonyl (C=O) groups is 1. The molecule has 0 aliphatic carbocycles. The standard InChI is InChI=1S/C32H38FN7O3.CH4O3S/c1-8-28(41)35-22-15-23(27(42-7)16-25(22)39(6)14-13-38(4)5)36-31-34-17-21(33)30(37-31)29-20-11-9-10-12-24(20)40-26(29)18-43-19-32(40,2)3;1-5(2,3)4/h8-12,15-17H,1,13-14,18-19H2,2-7H3,(H,35,41)(H,34,36,37);1H3,(H,2,3,4). The number of methoxy groups -OCH3 is 1. The second kappa shape index (κ2) is 14.7. The van der Waals surface area contributed by atoms with Gasteiger partial charge in [0, 0.05) is 42.7 Å². The van der Waals surface area contributed by atoms with Crippen molar-refractivity contribution in [1.82, 2.24) is 19.4 Å². The van der Waals surface area contributed by atoms with Crippen molar-refractivity contribution in [3.05, 3.63) is 66.8 Å². The van der Waals surface area contributed by atoms with E-state index in [2.05, 4.69) is 50.5 Å². The highest BCUT2D eigenvalue weighted by Gasteiger charge is 2.34. The summed E-state index contributed by atoms with van der Waals surface area (Å²) in [4.78, 5) is 25.4. The van der Waals surface area contributed by atoms with Gasteiger partial charge in [0.15, 0.2) is 5.82 Å². The summed E-state index contributed by atoms with van der Waals surface area (Å²) in [7, 11) is 3.83. The van der Waals surface area contributed by atoms with Crippen molar-refractivity contribution in [2.45, 2.75) is 26.0 Å². The van der Waals surface area contributed by atoms with Gasteiger partial charge >= 0.3 is 0 Å². The van der Waals surface area contributed by atoms with Crippen LogP contribution in [-0.4, -0.2) is 92.5 Å². The maximum absolute atomic E-state index is 15.5. The van der Waals surface area contributed by atoms with Crippen molar-refractivity contribution in [2.24, 2.45) is 0 Å². The molecule has 0 atom stereocenters. The third kappa shape index (κ3) is 8.47. The van der Waals surface area contributed by atoms with Gasteiger partial charge in [-0.15, -0.1) is 0 Å². The number of hydrogen-bond donors (Lipinski definition) is 3. The summed E-state index contributed by atoms with van der Waals surface area (Å²) in [6, 6.07) is 11.5. The van der Waals surface area contributed by atoms with Gasteiger partial charge in [0.2, 0.25) is 11.9 Å². The molecular weight excluding hydrogens is 641 g/mol. The maximum Gasteiger partial charge on any atom is 0.261 e. The molecule has 0 radical (unpaired) electrons. The second-order valence-corrected chi connectivity index (χ2v) is 13.7. The normalized spacial score (nSPS) is 13.7. The van der Waals surface area contributed by atoms with Crippen LogP contribution in [-0.2, 0) is 31.8 Å². The SMILES string of the molecule is C=CC(=O)Nc1cc(Nc2ncc(F)c(-c3c4n(c5ccccc35)C(C)(C)COC4)n2)c(OC)cc1N(C)CCN(C)C.CS(=O)(=O)O. The van der Waals surface area contributed by atoms with Crippen LogP contribution in [0.4, 0.5) is 27.4 Å². The van der Waals surface area contributed by atoms with Crippen LogP contribution in [0.25, 0.3) is 22.2 Å². The molecule has 2 aromatic carbocycles. The summed E-state index contributed by atoms with van der Waals surface area (Å²) in [6.45, 7) is 10.2. The van der Waals surface area contributed by atoms with Crippen LogP contribution in [0.2, 0.25) is 0 Å². The lowest BCUT2D eigenvalue weighted by Gasteiger charge is -2.34. The van der Waals surface area contributed by atoms with E-state index < -0.39 is 15.9 Å². The van der Waals surface area contributed by atoms with Gasteiger partial charge in [-0.05, 0) is 46.2 Å². The van der Waals surface area contributed by atoms with Crippen LogP contribution in [0.1, 0.15) is 19.5 Å². The number of nitrogens with one attached hydrogen (secondary N) is 2. The minimum atomic E-state index is -3.67. The molecule has 0 unspecified atom stereocenters. The first-order valence-electron chi connectivity index (χ1n) is 15.0. The largest absolute Gasteiger partial charge is 0.494 e. The van der Waals surface area contributed by atoms with Crippen molar-refractivity contribution < 1.29 is 31.6 Å². The first-order chi connectivity index (χ1) is 22.5. The Morgan fingerprint density at radius 1 is 1.21 bits per heavy atom. The van der Waals surface area contributed by atoms with E-state index in [1.807, 2.05) is 56.4 Å². The molecule has 13 nitrogen and oxygen atoms in total. The molecule has 0 fully saturated rings. The van der Waals surface area contributed by atoms with Crippen molar-refractivity contribution in [2.75, 3.05) is 69.7 Å². The Balaban J connectivity index is 0.000000968. The highest BCUT2D eigenvalue weighted by Crippen LogP contribution is 2.42. The average Bonchev–Trinajstić information content (AvgIpc) is 3.35. The van der Waals surface area contributed by atoms with Gasteiger partial charge in [-0.25, -0.2) is 14.4 Å². The number of fused-ring (bicyclic) bond motifs is 3. The number of amides is 1. The number of ether oxygens (including phenoxy) is 2. The van der Waals surface area contributed by atoms with E-state index in [4.69, 9.17) is 14.0 Å². The zero-order valence-electron chi connectivity index (χ0n) is 28.2. The molecule has 0 saturated heterocycles. The van der Waals surface area contributed by atoms with Gasteiger partial charge in [-0.2, -0.15) is 8.42 Å². The summed E-state index contributed by atoms with van der Waals surface area (Å²) < 4.78 is 55.3. The fourth-order valence-electron chi connectivity index (χ4n) is 5.48. The summed E-state index contributed by atoms with van der Waals surface area (Å²) in [6.07, 6.45) is 3.09. The first kappa shape index (κ1) is 36.3. The van der Waals surface area contributed by atoms with Crippen LogP contribution < -0.4 is 20.3 Å². The Kier molecular flexibility index (Phi) is 11.1. The Labute approximate surface area is 280 Å².